The van der Waals surface area contributed by atoms with Crippen molar-refractivity contribution < 1.29 is 14.3 Å². The van der Waals surface area contributed by atoms with Gasteiger partial charge in [-0.25, -0.2) is 0 Å². The summed E-state index contributed by atoms with van der Waals surface area (Å²) in [6, 6.07) is 5.08. The molecular formula is C17H20N4O3S. The maximum Gasteiger partial charge on any atom is 0.262 e. The molecule has 0 atom stereocenters. The van der Waals surface area contributed by atoms with Crippen LogP contribution in [0.3, 0.4) is 0 Å². The molecule has 0 bridgehead atoms. The molecule has 0 saturated heterocycles. The number of nitrogens with one attached hydrogen (secondary N) is 1. The molecule has 1 amide bonds. The van der Waals surface area contributed by atoms with Crippen LogP contribution in [0.25, 0.3) is 0 Å². The summed E-state index contributed by atoms with van der Waals surface area (Å²) in [5.74, 6) is 0.599. The number of carbonyl (C=O) groups is 2. The molecule has 1 aromatic heterocycles. The zero-order chi connectivity index (χ0) is 17.6. The Hall–Kier alpha value is -2.35. The number of ether oxygens (including phenoxy) is 1. The molecule has 132 valence electrons. The number of ketones is 1. The normalized spacial score (nSPS) is 13.1. The van der Waals surface area contributed by atoms with E-state index in [1.807, 2.05) is 4.57 Å². The summed E-state index contributed by atoms with van der Waals surface area (Å²) < 4.78 is 7.28. The Morgan fingerprint density at radius 3 is 3.12 bits per heavy atom. The number of nitrogens with zero attached hydrogens (tertiary/aromatic N) is 3. The molecule has 0 unspecified atom stereocenters. The molecule has 8 heteroatoms. The van der Waals surface area contributed by atoms with Crippen LogP contribution in [0.2, 0.25) is 0 Å². The average Bonchev–Trinajstić information content (AvgIpc) is 3.06. The summed E-state index contributed by atoms with van der Waals surface area (Å²) in [6.45, 7) is 3.02. The third-order valence-electron chi connectivity index (χ3n) is 3.85. The lowest BCUT2D eigenvalue weighted by Gasteiger charge is -2.18. The van der Waals surface area contributed by atoms with Gasteiger partial charge in [0.05, 0.1) is 11.4 Å². The van der Waals surface area contributed by atoms with E-state index in [1.165, 1.54) is 11.8 Å². The van der Waals surface area contributed by atoms with Gasteiger partial charge in [0.1, 0.15) is 12.1 Å². The number of aryl methyl sites for hydroxylation is 1. The van der Waals surface area contributed by atoms with Crippen LogP contribution in [0.15, 0.2) is 29.7 Å². The lowest BCUT2D eigenvalue weighted by Crippen LogP contribution is -2.25. The van der Waals surface area contributed by atoms with Crippen molar-refractivity contribution in [2.75, 3.05) is 17.7 Å². The maximum absolute atomic E-state index is 12.4. The number of fused-ring (bicyclic) bond motifs is 1. The fraction of sp³-hybridized carbons (Fsp3) is 0.412. The SMILES string of the molecule is CCCCCn1cnnc1SCC(=O)c1ccc2c(c1)NC(=O)CO2. The van der Waals surface area contributed by atoms with Crippen LogP contribution in [0.5, 0.6) is 5.75 Å². The molecule has 0 saturated carbocycles. The van der Waals surface area contributed by atoms with Gasteiger partial charge in [-0.1, -0.05) is 31.5 Å². The number of anilines is 1. The molecule has 0 aliphatic carbocycles. The third kappa shape index (κ3) is 4.39. The highest BCUT2D eigenvalue weighted by atomic mass is 32.2. The molecule has 1 N–H and O–H groups in total. The van der Waals surface area contributed by atoms with Gasteiger partial charge in [0.25, 0.3) is 5.91 Å². The predicted molar refractivity (Wildman–Crippen MR) is 95.2 cm³/mol. The van der Waals surface area contributed by atoms with Crippen molar-refractivity contribution in [1.29, 1.82) is 0 Å². The summed E-state index contributed by atoms with van der Waals surface area (Å²) in [4.78, 5) is 23.8. The molecule has 0 spiro atoms. The van der Waals surface area contributed by atoms with E-state index in [2.05, 4.69) is 22.4 Å². The number of amides is 1. The summed E-state index contributed by atoms with van der Waals surface area (Å²) in [7, 11) is 0. The Kier molecular flexibility index (Phi) is 5.70. The largest absolute Gasteiger partial charge is 0.482 e. The number of thioether (sulfide) groups is 1. The summed E-state index contributed by atoms with van der Waals surface area (Å²) >= 11 is 1.37. The number of Topliss-reactive ketones (excluding diaryl/α,β-unsaturated/α-hetero) is 1. The minimum atomic E-state index is -0.216. The zero-order valence-electron chi connectivity index (χ0n) is 14.0. The molecule has 25 heavy (non-hydrogen) atoms. The number of hydrogen-bond donors (Lipinski definition) is 1. The summed E-state index contributed by atoms with van der Waals surface area (Å²) in [6.07, 6.45) is 5.08. The van der Waals surface area contributed by atoms with Gasteiger partial charge in [-0.2, -0.15) is 0 Å². The lowest BCUT2D eigenvalue weighted by atomic mass is 10.1. The van der Waals surface area contributed by atoms with Crippen molar-refractivity contribution in [1.82, 2.24) is 14.8 Å². The standard InChI is InChI=1S/C17H20N4O3S/c1-2-3-4-7-21-11-18-20-17(21)25-10-14(22)12-5-6-15-13(8-12)19-16(23)9-24-15/h5-6,8,11H,2-4,7,9-10H2,1H3,(H,19,23). The van der Waals surface area contributed by atoms with Crippen LogP contribution in [0.1, 0.15) is 36.5 Å². The van der Waals surface area contributed by atoms with Gasteiger partial charge in [-0.15, -0.1) is 10.2 Å². The van der Waals surface area contributed by atoms with Crippen molar-refractivity contribution in [3.8, 4) is 5.75 Å². The highest BCUT2D eigenvalue weighted by Crippen LogP contribution is 2.29. The number of aromatic nitrogens is 3. The Morgan fingerprint density at radius 1 is 1.40 bits per heavy atom. The van der Waals surface area contributed by atoms with Crippen LogP contribution in [-0.2, 0) is 11.3 Å². The van der Waals surface area contributed by atoms with E-state index in [9.17, 15) is 9.59 Å². The second kappa shape index (κ2) is 8.15. The van der Waals surface area contributed by atoms with Gasteiger partial charge >= 0.3 is 0 Å². The van der Waals surface area contributed by atoms with Gasteiger partial charge in [0.15, 0.2) is 17.5 Å². The van der Waals surface area contributed by atoms with E-state index in [-0.39, 0.29) is 24.1 Å². The zero-order valence-corrected chi connectivity index (χ0v) is 14.8. The Morgan fingerprint density at radius 2 is 2.28 bits per heavy atom. The van der Waals surface area contributed by atoms with Crippen LogP contribution in [0, 0.1) is 0 Å². The molecule has 0 fully saturated rings. The first-order chi connectivity index (χ1) is 12.2. The molecule has 2 heterocycles. The van der Waals surface area contributed by atoms with Crippen LogP contribution >= 0.6 is 11.8 Å². The van der Waals surface area contributed by atoms with E-state index in [0.29, 0.717) is 17.0 Å². The molecule has 0 radical (unpaired) electrons. The first-order valence-corrected chi connectivity index (χ1v) is 9.26. The molecule has 7 nitrogen and oxygen atoms in total. The molecule has 1 aliphatic rings. The Bertz CT molecular complexity index is 775. The van der Waals surface area contributed by atoms with E-state index in [0.717, 1.165) is 31.0 Å². The fourth-order valence-corrected chi connectivity index (χ4v) is 3.35. The highest BCUT2D eigenvalue weighted by molar-refractivity contribution is 7.99. The third-order valence-corrected chi connectivity index (χ3v) is 4.83. The van der Waals surface area contributed by atoms with Gasteiger partial charge in [-0.3, -0.25) is 9.59 Å². The lowest BCUT2D eigenvalue weighted by molar-refractivity contribution is -0.118. The van der Waals surface area contributed by atoms with Gasteiger partial charge in [-0.05, 0) is 24.6 Å². The van der Waals surface area contributed by atoms with Crippen LogP contribution < -0.4 is 10.1 Å². The second-order valence-corrected chi connectivity index (χ2v) is 6.72. The summed E-state index contributed by atoms with van der Waals surface area (Å²) in [5, 5.41) is 11.5. The molecule has 1 aliphatic heterocycles. The molecule has 1 aromatic carbocycles. The minimum Gasteiger partial charge on any atom is -0.482 e. The second-order valence-electron chi connectivity index (χ2n) is 5.77. The summed E-state index contributed by atoms with van der Waals surface area (Å²) in [5.41, 5.74) is 1.07. The van der Waals surface area contributed by atoms with E-state index in [1.54, 1.807) is 24.5 Å². The van der Waals surface area contributed by atoms with E-state index in [4.69, 9.17) is 4.74 Å². The van der Waals surface area contributed by atoms with Gasteiger partial charge in [0, 0.05) is 12.1 Å². The van der Waals surface area contributed by atoms with E-state index < -0.39 is 0 Å². The van der Waals surface area contributed by atoms with Crippen molar-refractivity contribution >= 4 is 29.1 Å². The first kappa shape index (κ1) is 17.5. The quantitative estimate of drug-likeness (QED) is 0.443. The highest BCUT2D eigenvalue weighted by Gasteiger charge is 2.18. The maximum atomic E-state index is 12.4. The van der Waals surface area contributed by atoms with Crippen molar-refractivity contribution in [3.05, 3.63) is 30.1 Å². The van der Waals surface area contributed by atoms with Crippen molar-refractivity contribution in [2.24, 2.45) is 0 Å². The minimum absolute atomic E-state index is 0.00380. The number of carbonyl (C=O) groups excluding carboxylic acids is 2. The van der Waals surface area contributed by atoms with Gasteiger partial charge in [0.2, 0.25) is 0 Å². The fourth-order valence-electron chi connectivity index (χ4n) is 2.51. The van der Waals surface area contributed by atoms with Crippen molar-refractivity contribution in [3.63, 3.8) is 0 Å². The molecule has 3 rings (SSSR count). The topological polar surface area (TPSA) is 86.1 Å². The van der Waals surface area contributed by atoms with Crippen LogP contribution in [0.4, 0.5) is 5.69 Å². The molecular weight excluding hydrogens is 340 g/mol. The number of benzene rings is 1. The number of hydrogen-bond acceptors (Lipinski definition) is 6. The smallest absolute Gasteiger partial charge is 0.262 e. The Labute approximate surface area is 150 Å². The average molecular weight is 360 g/mol. The monoisotopic (exact) mass is 360 g/mol. The van der Waals surface area contributed by atoms with Crippen LogP contribution in [-0.4, -0.2) is 38.8 Å². The predicted octanol–water partition coefficient (Wildman–Crippen LogP) is 2.77. The molecule has 2 aromatic rings. The first-order valence-electron chi connectivity index (χ1n) is 8.28. The van der Waals surface area contributed by atoms with Gasteiger partial charge < -0.3 is 14.6 Å². The van der Waals surface area contributed by atoms with E-state index >= 15 is 0 Å². The van der Waals surface area contributed by atoms with Crippen molar-refractivity contribution in [2.45, 2.75) is 37.9 Å². The number of unbranched alkanes of at least 4 members (excludes halogenated alkanes) is 2. The Balaban J connectivity index is 1.61. The number of rotatable bonds is 8.